The van der Waals surface area contributed by atoms with Crippen molar-refractivity contribution in [3.63, 3.8) is 0 Å². The molecule has 2 aliphatic rings. The zero-order chi connectivity index (χ0) is 15.4. The predicted octanol–water partition coefficient (Wildman–Crippen LogP) is 3.65. The maximum Gasteiger partial charge on any atom is 0.193 e. The van der Waals surface area contributed by atoms with Crippen LogP contribution < -0.4 is 10.1 Å². The maximum atomic E-state index is 5.28. The van der Waals surface area contributed by atoms with Gasteiger partial charge in [0, 0.05) is 26.7 Å². The summed E-state index contributed by atoms with van der Waals surface area (Å²) in [4.78, 5) is 6.92. The van der Waals surface area contributed by atoms with Crippen LogP contribution in [0.15, 0.2) is 29.3 Å². The topological polar surface area (TPSA) is 36.9 Å². The lowest BCUT2D eigenvalue weighted by Crippen LogP contribution is -2.40. The summed E-state index contributed by atoms with van der Waals surface area (Å²) in [6.45, 7) is 3.09. The minimum Gasteiger partial charge on any atom is -0.497 e. The summed E-state index contributed by atoms with van der Waals surface area (Å²) in [5.74, 6) is 1.94. The van der Waals surface area contributed by atoms with Gasteiger partial charge >= 0.3 is 0 Å². The second kappa shape index (κ2) is 8.22. The summed E-state index contributed by atoms with van der Waals surface area (Å²) in [7, 11) is 3.59. The number of benzene rings is 1. The van der Waals surface area contributed by atoms with E-state index in [1.54, 1.807) is 7.11 Å². The van der Waals surface area contributed by atoms with Gasteiger partial charge in [-0.25, -0.2) is 0 Å². The largest absolute Gasteiger partial charge is 0.497 e. The molecule has 0 amide bonds. The molecular formula is C18H28IN3O. The first-order valence-electron chi connectivity index (χ1n) is 8.33. The Morgan fingerprint density at radius 3 is 2.78 bits per heavy atom. The van der Waals surface area contributed by atoms with Crippen molar-refractivity contribution in [1.29, 1.82) is 0 Å². The van der Waals surface area contributed by atoms with E-state index in [0.717, 1.165) is 24.8 Å². The van der Waals surface area contributed by atoms with Crippen molar-refractivity contribution in [1.82, 2.24) is 10.2 Å². The average molecular weight is 429 g/mol. The molecule has 3 rings (SSSR count). The van der Waals surface area contributed by atoms with Gasteiger partial charge in [-0.3, -0.25) is 4.99 Å². The second-order valence-electron chi connectivity index (χ2n) is 6.63. The molecule has 4 nitrogen and oxygen atoms in total. The molecule has 1 aromatic carbocycles. The molecule has 5 heteroatoms. The molecule has 0 atom stereocenters. The number of likely N-dealkylation sites (tertiary alicyclic amines) is 1. The third-order valence-electron chi connectivity index (χ3n) is 5.20. The van der Waals surface area contributed by atoms with E-state index in [-0.39, 0.29) is 24.0 Å². The van der Waals surface area contributed by atoms with Crippen LogP contribution in [-0.4, -0.2) is 38.1 Å². The number of rotatable bonds is 3. The third kappa shape index (κ3) is 4.31. The number of hydrogen-bond acceptors (Lipinski definition) is 2. The van der Waals surface area contributed by atoms with Crippen molar-refractivity contribution < 1.29 is 4.74 Å². The average Bonchev–Trinajstić information content (AvgIpc) is 3.19. The Hall–Kier alpha value is -0.980. The third-order valence-corrected chi connectivity index (χ3v) is 5.20. The Morgan fingerprint density at radius 2 is 2.09 bits per heavy atom. The van der Waals surface area contributed by atoms with Crippen LogP contribution in [0.25, 0.3) is 0 Å². The van der Waals surface area contributed by atoms with Crippen LogP contribution in [0.4, 0.5) is 0 Å². The van der Waals surface area contributed by atoms with Gasteiger partial charge < -0.3 is 15.0 Å². The SMILES string of the molecule is CN=C(NCc1cccc(OC)c1)N1CCC2(CCCC2)C1.I. The highest BCUT2D eigenvalue weighted by molar-refractivity contribution is 14.0. The van der Waals surface area contributed by atoms with Gasteiger partial charge in [0.25, 0.3) is 0 Å². The van der Waals surface area contributed by atoms with Crippen LogP contribution in [0.2, 0.25) is 0 Å². The van der Waals surface area contributed by atoms with Crippen molar-refractivity contribution in [2.24, 2.45) is 10.4 Å². The van der Waals surface area contributed by atoms with Gasteiger partial charge in [0.2, 0.25) is 0 Å². The molecule has 0 aromatic heterocycles. The first-order valence-corrected chi connectivity index (χ1v) is 8.33. The normalized spacial score (nSPS) is 19.7. The van der Waals surface area contributed by atoms with Gasteiger partial charge in [0.1, 0.15) is 5.75 Å². The van der Waals surface area contributed by atoms with Crippen LogP contribution >= 0.6 is 24.0 Å². The quantitative estimate of drug-likeness (QED) is 0.453. The first kappa shape index (κ1) is 18.4. The summed E-state index contributed by atoms with van der Waals surface area (Å²) in [6.07, 6.45) is 6.94. The molecule has 1 saturated heterocycles. The lowest BCUT2D eigenvalue weighted by Gasteiger charge is -2.26. The fourth-order valence-corrected chi connectivity index (χ4v) is 3.94. The molecule has 2 fully saturated rings. The lowest BCUT2D eigenvalue weighted by atomic mass is 9.86. The molecular weight excluding hydrogens is 401 g/mol. The summed E-state index contributed by atoms with van der Waals surface area (Å²) < 4.78 is 5.28. The minimum atomic E-state index is 0. The number of halogens is 1. The van der Waals surface area contributed by atoms with Gasteiger partial charge in [0.15, 0.2) is 5.96 Å². The van der Waals surface area contributed by atoms with E-state index >= 15 is 0 Å². The Labute approximate surface area is 156 Å². The molecule has 0 unspecified atom stereocenters. The molecule has 1 aromatic rings. The summed E-state index contributed by atoms with van der Waals surface area (Å²) >= 11 is 0. The smallest absolute Gasteiger partial charge is 0.193 e. The summed E-state index contributed by atoms with van der Waals surface area (Å²) in [5, 5.41) is 3.51. The molecule has 1 N–H and O–H groups in total. The molecule has 1 aliphatic heterocycles. The molecule has 1 heterocycles. The number of hydrogen-bond donors (Lipinski definition) is 1. The summed E-state index contributed by atoms with van der Waals surface area (Å²) in [6, 6.07) is 8.19. The summed E-state index contributed by atoms with van der Waals surface area (Å²) in [5.41, 5.74) is 1.79. The standard InChI is InChI=1S/C18H27N3O.HI/c1-19-17(20-13-15-6-5-7-16(12-15)22-2)21-11-10-18(14-21)8-3-4-9-18;/h5-7,12H,3-4,8-11,13-14H2,1-2H3,(H,19,20);1H. The van der Waals surface area contributed by atoms with Gasteiger partial charge in [-0.1, -0.05) is 25.0 Å². The molecule has 0 radical (unpaired) electrons. The van der Waals surface area contributed by atoms with Crippen LogP contribution in [-0.2, 0) is 6.54 Å². The van der Waals surface area contributed by atoms with Crippen molar-refractivity contribution in [3.8, 4) is 5.75 Å². The van der Waals surface area contributed by atoms with Gasteiger partial charge in [-0.2, -0.15) is 0 Å². The number of guanidine groups is 1. The number of ether oxygens (including phenoxy) is 1. The van der Waals surface area contributed by atoms with Crippen molar-refractivity contribution in [2.45, 2.75) is 38.6 Å². The van der Waals surface area contributed by atoms with Crippen LogP contribution in [0, 0.1) is 5.41 Å². The number of nitrogens with one attached hydrogen (secondary N) is 1. The Balaban J connectivity index is 0.00000192. The van der Waals surface area contributed by atoms with Crippen molar-refractivity contribution in [3.05, 3.63) is 29.8 Å². The second-order valence-corrected chi connectivity index (χ2v) is 6.63. The van der Waals surface area contributed by atoms with E-state index in [1.165, 1.54) is 44.2 Å². The van der Waals surface area contributed by atoms with E-state index in [1.807, 2.05) is 19.2 Å². The first-order chi connectivity index (χ1) is 10.7. The lowest BCUT2D eigenvalue weighted by molar-refractivity contribution is 0.309. The van der Waals surface area contributed by atoms with Gasteiger partial charge in [-0.15, -0.1) is 24.0 Å². The Kier molecular flexibility index (Phi) is 6.56. The molecule has 1 spiro atoms. The van der Waals surface area contributed by atoms with Crippen LogP contribution in [0.5, 0.6) is 5.75 Å². The van der Waals surface area contributed by atoms with E-state index in [0.29, 0.717) is 5.41 Å². The molecule has 128 valence electrons. The Bertz CT molecular complexity index is 541. The number of aliphatic imine (C=N–C) groups is 1. The maximum absolute atomic E-state index is 5.28. The van der Waals surface area contributed by atoms with Crippen molar-refractivity contribution in [2.75, 3.05) is 27.2 Å². The fraction of sp³-hybridized carbons (Fsp3) is 0.611. The van der Waals surface area contributed by atoms with E-state index in [2.05, 4.69) is 27.3 Å². The highest BCUT2D eigenvalue weighted by atomic mass is 127. The fourth-order valence-electron chi connectivity index (χ4n) is 3.94. The van der Waals surface area contributed by atoms with E-state index in [9.17, 15) is 0 Å². The van der Waals surface area contributed by atoms with Crippen LogP contribution in [0.1, 0.15) is 37.7 Å². The van der Waals surface area contributed by atoms with Gasteiger partial charge in [0.05, 0.1) is 7.11 Å². The Morgan fingerprint density at radius 1 is 1.30 bits per heavy atom. The van der Waals surface area contributed by atoms with E-state index in [4.69, 9.17) is 4.74 Å². The minimum absolute atomic E-state index is 0. The molecule has 0 bridgehead atoms. The van der Waals surface area contributed by atoms with Crippen LogP contribution in [0.3, 0.4) is 0 Å². The number of nitrogens with zero attached hydrogens (tertiary/aromatic N) is 2. The zero-order valence-electron chi connectivity index (χ0n) is 14.2. The van der Waals surface area contributed by atoms with Gasteiger partial charge in [-0.05, 0) is 42.4 Å². The highest BCUT2D eigenvalue weighted by Gasteiger charge is 2.40. The number of methoxy groups -OCH3 is 1. The zero-order valence-corrected chi connectivity index (χ0v) is 16.5. The van der Waals surface area contributed by atoms with E-state index < -0.39 is 0 Å². The molecule has 1 aliphatic carbocycles. The van der Waals surface area contributed by atoms with Crippen molar-refractivity contribution >= 4 is 29.9 Å². The highest BCUT2D eigenvalue weighted by Crippen LogP contribution is 2.45. The monoisotopic (exact) mass is 429 g/mol. The molecule has 23 heavy (non-hydrogen) atoms. The predicted molar refractivity (Wildman–Crippen MR) is 106 cm³/mol. The molecule has 1 saturated carbocycles.